The smallest absolute Gasteiger partial charge is 0.179 e. The molecule has 0 atom stereocenters. The standard InChI is InChI=1S/C8H11N3O/c9-11-8(10-6-3-4-6)7-2-1-5-12-7/h1-2,5-6H,3-4,9H2,(H,10,11). The van der Waals surface area contributed by atoms with Crippen LogP contribution in [0.1, 0.15) is 18.6 Å². The van der Waals surface area contributed by atoms with E-state index in [1.807, 2.05) is 12.1 Å². The van der Waals surface area contributed by atoms with E-state index < -0.39 is 0 Å². The molecule has 0 saturated heterocycles. The Labute approximate surface area is 70.4 Å². The quantitative estimate of drug-likeness (QED) is 0.293. The Kier molecular flexibility index (Phi) is 1.83. The van der Waals surface area contributed by atoms with E-state index >= 15 is 0 Å². The van der Waals surface area contributed by atoms with Gasteiger partial charge >= 0.3 is 0 Å². The molecule has 4 nitrogen and oxygen atoms in total. The number of furan rings is 1. The molecule has 4 heteroatoms. The van der Waals surface area contributed by atoms with Crippen molar-refractivity contribution in [1.29, 1.82) is 0 Å². The van der Waals surface area contributed by atoms with Crippen molar-refractivity contribution in [2.24, 2.45) is 10.8 Å². The maximum Gasteiger partial charge on any atom is 0.179 e. The molecule has 0 radical (unpaired) electrons. The van der Waals surface area contributed by atoms with Crippen LogP contribution in [0.4, 0.5) is 0 Å². The van der Waals surface area contributed by atoms with E-state index in [0.29, 0.717) is 17.6 Å². The van der Waals surface area contributed by atoms with Gasteiger partial charge in [0, 0.05) is 0 Å². The predicted molar refractivity (Wildman–Crippen MR) is 45.6 cm³/mol. The van der Waals surface area contributed by atoms with Gasteiger partial charge in [-0.05, 0) is 25.0 Å². The van der Waals surface area contributed by atoms with Crippen LogP contribution in [-0.2, 0) is 0 Å². The maximum atomic E-state index is 5.30. The molecule has 1 aromatic rings. The maximum absolute atomic E-state index is 5.30. The first-order valence-electron chi connectivity index (χ1n) is 3.98. The van der Waals surface area contributed by atoms with Crippen LogP contribution in [0, 0.1) is 0 Å². The van der Waals surface area contributed by atoms with Crippen LogP contribution >= 0.6 is 0 Å². The number of rotatable bonds is 2. The monoisotopic (exact) mass is 165 g/mol. The molecular weight excluding hydrogens is 154 g/mol. The lowest BCUT2D eigenvalue weighted by Crippen LogP contribution is -2.31. The fourth-order valence-corrected chi connectivity index (χ4v) is 0.972. The van der Waals surface area contributed by atoms with E-state index in [0.717, 1.165) is 12.8 Å². The van der Waals surface area contributed by atoms with Gasteiger partial charge in [-0.2, -0.15) is 0 Å². The molecule has 0 aromatic carbocycles. The first-order chi connectivity index (χ1) is 5.90. The molecule has 1 fully saturated rings. The van der Waals surface area contributed by atoms with Crippen molar-refractivity contribution in [1.82, 2.24) is 5.43 Å². The Hall–Kier alpha value is -1.29. The number of nitrogens with one attached hydrogen (secondary N) is 1. The topological polar surface area (TPSA) is 63.5 Å². The second-order valence-electron chi connectivity index (χ2n) is 2.83. The van der Waals surface area contributed by atoms with Crippen molar-refractivity contribution in [3.63, 3.8) is 0 Å². The summed E-state index contributed by atoms with van der Waals surface area (Å²) in [5.74, 6) is 6.64. The van der Waals surface area contributed by atoms with Crippen molar-refractivity contribution in [3.8, 4) is 0 Å². The number of amidine groups is 1. The lowest BCUT2D eigenvalue weighted by atomic mass is 10.4. The largest absolute Gasteiger partial charge is 0.461 e. The summed E-state index contributed by atoms with van der Waals surface area (Å²) in [6.45, 7) is 0. The van der Waals surface area contributed by atoms with Crippen LogP contribution in [0.15, 0.2) is 27.8 Å². The Balaban J connectivity index is 2.17. The molecule has 2 rings (SSSR count). The fraction of sp³-hybridized carbons (Fsp3) is 0.375. The third kappa shape index (κ3) is 1.48. The average Bonchev–Trinajstić information content (AvgIpc) is 2.74. The average molecular weight is 165 g/mol. The molecule has 12 heavy (non-hydrogen) atoms. The van der Waals surface area contributed by atoms with Crippen LogP contribution in [-0.4, -0.2) is 11.9 Å². The van der Waals surface area contributed by atoms with Crippen molar-refractivity contribution in [2.45, 2.75) is 18.9 Å². The summed E-state index contributed by atoms with van der Waals surface area (Å²) < 4.78 is 5.14. The molecule has 3 N–H and O–H groups in total. The van der Waals surface area contributed by atoms with Gasteiger partial charge in [-0.15, -0.1) is 0 Å². The number of hydrazine groups is 1. The van der Waals surface area contributed by atoms with E-state index in [-0.39, 0.29) is 0 Å². The highest BCUT2D eigenvalue weighted by Gasteiger charge is 2.21. The van der Waals surface area contributed by atoms with Crippen molar-refractivity contribution in [2.75, 3.05) is 0 Å². The molecule has 1 heterocycles. The van der Waals surface area contributed by atoms with Gasteiger partial charge in [0.05, 0.1) is 12.3 Å². The second-order valence-corrected chi connectivity index (χ2v) is 2.83. The van der Waals surface area contributed by atoms with E-state index in [1.165, 1.54) is 0 Å². The molecule has 0 spiro atoms. The fourth-order valence-electron chi connectivity index (χ4n) is 0.972. The van der Waals surface area contributed by atoms with E-state index in [1.54, 1.807) is 6.26 Å². The summed E-state index contributed by atoms with van der Waals surface area (Å²) in [4.78, 5) is 4.34. The Morgan fingerprint density at radius 3 is 3.00 bits per heavy atom. The van der Waals surface area contributed by atoms with Crippen molar-refractivity contribution in [3.05, 3.63) is 24.2 Å². The number of hydrogen-bond acceptors (Lipinski definition) is 3. The number of nitrogens with two attached hydrogens (primary N) is 1. The minimum absolute atomic E-state index is 0.446. The van der Waals surface area contributed by atoms with Gasteiger partial charge in [-0.25, -0.2) is 5.84 Å². The third-order valence-electron chi connectivity index (χ3n) is 1.75. The number of nitrogens with zero attached hydrogens (tertiary/aromatic N) is 1. The molecule has 0 aliphatic heterocycles. The minimum Gasteiger partial charge on any atom is -0.461 e. The molecule has 1 aliphatic rings. The Morgan fingerprint density at radius 1 is 1.67 bits per heavy atom. The van der Waals surface area contributed by atoms with Gasteiger partial charge in [-0.1, -0.05) is 0 Å². The highest BCUT2D eigenvalue weighted by Crippen LogP contribution is 2.24. The normalized spacial score (nSPS) is 17.9. The molecule has 1 aromatic heterocycles. The van der Waals surface area contributed by atoms with Gasteiger partial charge in [0.25, 0.3) is 0 Å². The van der Waals surface area contributed by atoms with Gasteiger partial charge < -0.3 is 9.84 Å². The van der Waals surface area contributed by atoms with E-state index in [2.05, 4.69) is 10.4 Å². The van der Waals surface area contributed by atoms with Gasteiger partial charge in [0.2, 0.25) is 0 Å². The molecule has 64 valence electrons. The first-order valence-corrected chi connectivity index (χ1v) is 3.98. The van der Waals surface area contributed by atoms with Crippen LogP contribution in [0.5, 0.6) is 0 Å². The van der Waals surface area contributed by atoms with Crippen LogP contribution < -0.4 is 11.3 Å². The molecule has 0 bridgehead atoms. The van der Waals surface area contributed by atoms with E-state index in [9.17, 15) is 0 Å². The molecule has 1 aliphatic carbocycles. The molecule has 0 unspecified atom stereocenters. The summed E-state index contributed by atoms with van der Waals surface area (Å²) >= 11 is 0. The predicted octanol–water partition coefficient (Wildman–Crippen LogP) is 0.652. The molecule has 1 saturated carbocycles. The highest BCUT2D eigenvalue weighted by atomic mass is 16.3. The SMILES string of the molecule is NNC(=NC1CC1)c1ccco1. The van der Waals surface area contributed by atoms with Gasteiger partial charge in [0.1, 0.15) is 0 Å². The lowest BCUT2D eigenvalue weighted by molar-refractivity contribution is 0.553. The summed E-state index contributed by atoms with van der Waals surface area (Å²) in [7, 11) is 0. The van der Waals surface area contributed by atoms with Gasteiger partial charge in [-0.3, -0.25) is 4.99 Å². The summed E-state index contributed by atoms with van der Waals surface area (Å²) in [6, 6.07) is 4.09. The van der Waals surface area contributed by atoms with Crippen molar-refractivity contribution >= 4 is 5.84 Å². The third-order valence-corrected chi connectivity index (χ3v) is 1.75. The summed E-state index contributed by atoms with van der Waals surface area (Å²) in [5, 5.41) is 0. The zero-order valence-electron chi connectivity index (χ0n) is 6.66. The van der Waals surface area contributed by atoms with Gasteiger partial charge in [0.15, 0.2) is 11.6 Å². The zero-order valence-corrected chi connectivity index (χ0v) is 6.66. The zero-order chi connectivity index (χ0) is 8.39. The first kappa shape index (κ1) is 7.36. The Bertz CT molecular complexity index is 275. The summed E-state index contributed by atoms with van der Waals surface area (Å²) in [5.41, 5.74) is 2.53. The van der Waals surface area contributed by atoms with Crippen LogP contribution in [0.2, 0.25) is 0 Å². The van der Waals surface area contributed by atoms with Crippen molar-refractivity contribution < 1.29 is 4.42 Å². The minimum atomic E-state index is 0.446. The lowest BCUT2D eigenvalue weighted by Gasteiger charge is -2.00. The summed E-state index contributed by atoms with van der Waals surface area (Å²) in [6.07, 6.45) is 3.92. The highest BCUT2D eigenvalue weighted by molar-refractivity contribution is 5.96. The van der Waals surface area contributed by atoms with E-state index in [4.69, 9.17) is 10.3 Å². The second kappa shape index (κ2) is 2.98. The van der Waals surface area contributed by atoms with Crippen LogP contribution in [0.25, 0.3) is 0 Å². The molecular formula is C8H11N3O. The Morgan fingerprint density at radius 2 is 2.50 bits per heavy atom. The molecule has 0 amide bonds. The number of hydrogen-bond donors (Lipinski definition) is 2. The number of aliphatic imine (C=N–C) groups is 1. The van der Waals surface area contributed by atoms with Crippen LogP contribution in [0.3, 0.4) is 0 Å².